The first-order valence-electron chi connectivity index (χ1n) is 21.6. The summed E-state index contributed by atoms with van der Waals surface area (Å²) in [6.45, 7) is 13.5. The van der Waals surface area contributed by atoms with E-state index in [1.165, 1.54) is 66.1 Å². The standard InChI is InChI=1S/C59H49N3/c1-58(2,3)42-34-32-41(33-35-42)55-60-56(62-57(61-55)51-26-16-17-27-52(51)59(4,5)6)50-37-36-49(43-20-10-11-21-44(43)50)54-47-24-14-12-22-45(47)53(46-23-13-15-25-48(46)54)40-30-28-39(29-31-40)38-18-8-7-9-19-38/h7-37H,1-6H3. The van der Waals surface area contributed by atoms with Crippen molar-refractivity contribution in [2.75, 3.05) is 0 Å². The van der Waals surface area contributed by atoms with Gasteiger partial charge in [0.2, 0.25) is 0 Å². The molecule has 0 saturated heterocycles. The largest absolute Gasteiger partial charge is 0.208 e. The Morgan fingerprint density at radius 1 is 0.274 bits per heavy atom. The molecule has 1 aromatic heterocycles. The first-order chi connectivity index (χ1) is 30.0. The van der Waals surface area contributed by atoms with E-state index in [0.717, 1.165) is 27.5 Å². The molecule has 0 unspecified atom stereocenters. The van der Waals surface area contributed by atoms with Gasteiger partial charge in [-0.25, -0.2) is 15.0 Å². The van der Waals surface area contributed by atoms with Crippen molar-refractivity contribution in [3.05, 3.63) is 199 Å². The number of aromatic nitrogens is 3. The average molecular weight is 800 g/mol. The molecule has 0 amide bonds. The average Bonchev–Trinajstić information content (AvgIpc) is 3.30. The number of fused-ring (bicyclic) bond motifs is 3. The summed E-state index contributed by atoms with van der Waals surface area (Å²) in [6, 6.07) is 67.8. The molecule has 0 fully saturated rings. The molecule has 0 radical (unpaired) electrons. The predicted molar refractivity (Wildman–Crippen MR) is 262 cm³/mol. The van der Waals surface area contributed by atoms with Crippen LogP contribution in [-0.2, 0) is 10.8 Å². The second-order valence-corrected chi connectivity index (χ2v) is 18.4. The van der Waals surface area contributed by atoms with Gasteiger partial charge in [-0.15, -0.1) is 0 Å². The lowest BCUT2D eigenvalue weighted by atomic mass is 9.83. The van der Waals surface area contributed by atoms with Gasteiger partial charge in [-0.05, 0) is 93.7 Å². The molecule has 0 bridgehead atoms. The van der Waals surface area contributed by atoms with Crippen molar-refractivity contribution in [2.24, 2.45) is 0 Å². The van der Waals surface area contributed by atoms with Crippen LogP contribution in [0.5, 0.6) is 0 Å². The zero-order valence-corrected chi connectivity index (χ0v) is 36.2. The van der Waals surface area contributed by atoms with E-state index >= 15 is 0 Å². The summed E-state index contributed by atoms with van der Waals surface area (Å²) in [5, 5.41) is 7.12. The predicted octanol–water partition coefficient (Wildman–Crippen LogP) is 15.9. The smallest absolute Gasteiger partial charge is 0.164 e. The minimum absolute atomic E-state index is 0.0331. The molecule has 0 aliphatic rings. The van der Waals surface area contributed by atoms with Crippen molar-refractivity contribution in [2.45, 2.75) is 52.4 Å². The minimum Gasteiger partial charge on any atom is -0.208 e. The zero-order chi connectivity index (χ0) is 42.6. The van der Waals surface area contributed by atoms with Crippen molar-refractivity contribution >= 4 is 32.3 Å². The van der Waals surface area contributed by atoms with Gasteiger partial charge in [-0.1, -0.05) is 224 Å². The molecule has 62 heavy (non-hydrogen) atoms. The summed E-state index contributed by atoms with van der Waals surface area (Å²) in [5.74, 6) is 1.99. The van der Waals surface area contributed by atoms with Crippen LogP contribution >= 0.6 is 0 Å². The SMILES string of the molecule is CC(C)(C)c1ccc(-c2nc(-c3ccccc3C(C)(C)C)nc(-c3ccc(-c4c5ccccc5c(-c5ccc(-c6ccccc6)cc5)c5ccccc45)c4ccccc34)n2)cc1. The third-order valence-corrected chi connectivity index (χ3v) is 12.3. The summed E-state index contributed by atoms with van der Waals surface area (Å²) in [4.78, 5) is 15.8. The van der Waals surface area contributed by atoms with E-state index in [2.05, 4.69) is 230 Å². The number of hydrogen-bond acceptors (Lipinski definition) is 3. The highest BCUT2D eigenvalue weighted by Gasteiger charge is 2.24. The molecule has 0 saturated carbocycles. The highest BCUT2D eigenvalue weighted by atomic mass is 15.0. The van der Waals surface area contributed by atoms with Crippen molar-refractivity contribution in [3.63, 3.8) is 0 Å². The summed E-state index contributed by atoms with van der Waals surface area (Å²) in [7, 11) is 0. The van der Waals surface area contributed by atoms with Gasteiger partial charge in [0.25, 0.3) is 0 Å². The van der Waals surface area contributed by atoms with E-state index in [1.807, 2.05) is 0 Å². The lowest BCUT2D eigenvalue weighted by Crippen LogP contribution is -2.13. The van der Waals surface area contributed by atoms with Crippen LogP contribution in [0, 0.1) is 0 Å². The second kappa shape index (κ2) is 15.3. The van der Waals surface area contributed by atoms with Gasteiger partial charge in [0.05, 0.1) is 0 Å². The van der Waals surface area contributed by atoms with Crippen LogP contribution in [0.25, 0.3) is 99.9 Å². The van der Waals surface area contributed by atoms with Crippen LogP contribution in [-0.4, -0.2) is 15.0 Å². The van der Waals surface area contributed by atoms with E-state index in [1.54, 1.807) is 0 Å². The third-order valence-electron chi connectivity index (χ3n) is 12.3. The van der Waals surface area contributed by atoms with E-state index < -0.39 is 0 Å². The molecule has 10 rings (SSSR count). The van der Waals surface area contributed by atoms with Crippen LogP contribution < -0.4 is 0 Å². The van der Waals surface area contributed by atoms with Crippen LogP contribution in [0.1, 0.15) is 52.7 Å². The Kier molecular flexibility index (Phi) is 9.64. The van der Waals surface area contributed by atoms with Crippen LogP contribution in [0.2, 0.25) is 0 Å². The molecule has 0 aliphatic heterocycles. The lowest BCUT2D eigenvalue weighted by Gasteiger charge is -2.23. The molecule has 0 atom stereocenters. The molecule has 3 nitrogen and oxygen atoms in total. The van der Waals surface area contributed by atoms with Gasteiger partial charge in [-0.3, -0.25) is 0 Å². The van der Waals surface area contributed by atoms with Crippen molar-refractivity contribution in [1.82, 2.24) is 15.0 Å². The van der Waals surface area contributed by atoms with Crippen LogP contribution in [0.4, 0.5) is 0 Å². The first-order valence-corrected chi connectivity index (χ1v) is 21.6. The quantitative estimate of drug-likeness (QED) is 0.157. The maximum Gasteiger partial charge on any atom is 0.164 e. The number of benzene rings is 9. The van der Waals surface area contributed by atoms with Gasteiger partial charge in [0.1, 0.15) is 0 Å². The molecule has 10 aromatic rings. The van der Waals surface area contributed by atoms with Crippen LogP contribution in [0.15, 0.2) is 188 Å². The zero-order valence-electron chi connectivity index (χ0n) is 36.2. The van der Waals surface area contributed by atoms with E-state index in [4.69, 9.17) is 15.0 Å². The summed E-state index contributed by atoms with van der Waals surface area (Å²) >= 11 is 0. The third kappa shape index (κ3) is 7.04. The van der Waals surface area contributed by atoms with Gasteiger partial charge < -0.3 is 0 Å². The summed E-state index contributed by atoms with van der Waals surface area (Å²) in [5.41, 5.74) is 12.6. The van der Waals surface area contributed by atoms with Crippen molar-refractivity contribution < 1.29 is 0 Å². The normalized spacial score (nSPS) is 12.0. The maximum absolute atomic E-state index is 5.33. The Labute approximate surface area is 364 Å². The molecule has 1 heterocycles. The van der Waals surface area contributed by atoms with Gasteiger partial charge in [-0.2, -0.15) is 0 Å². The molecule has 0 spiro atoms. The molecule has 0 aliphatic carbocycles. The summed E-state index contributed by atoms with van der Waals surface area (Å²) < 4.78 is 0. The highest BCUT2D eigenvalue weighted by Crippen LogP contribution is 2.47. The second-order valence-electron chi connectivity index (χ2n) is 18.4. The Morgan fingerprint density at radius 2 is 0.694 bits per heavy atom. The molecular formula is C59H49N3. The van der Waals surface area contributed by atoms with Crippen molar-refractivity contribution in [3.8, 4) is 67.5 Å². The highest BCUT2D eigenvalue weighted by molar-refractivity contribution is 6.24. The molecule has 300 valence electrons. The van der Waals surface area contributed by atoms with Gasteiger partial charge in [0.15, 0.2) is 17.5 Å². The first kappa shape index (κ1) is 38.9. The van der Waals surface area contributed by atoms with Gasteiger partial charge >= 0.3 is 0 Å². The summed E-state index contributed by atoms with van der Waals surface area (Å²) in [6.07, 6.45) is 0. The fourth-order valence-corrected chi connectivity index (χ4v) is 9.10. The number of nitrogens with zero attached hydrogens (tertiary/aromatic N) is 3. The fourth-order valence-electron chi connectivity index (χ4n) is 9.10. The number of rotatable bonds is 6. The minimum atomic E-state index is -0.112. The molecule has 0 N–H and O–H groups in total. The topological polar surface area (TPSA) is 38.7 Å². The maximum atomic E-state index is 5.33. The fraction of sp³-hybridized carbons (Fsp3) is 0.136. The Balaban J connectivity index is 1.18. The molecule has 9 aromatic carbocycles. The Bertz CT molecular complexity index is 3220. The van der Waals surface area contributed by atoms with E-state index in [0.29, 0.717) is 17.5 Å². The molecular weight excluding hydrogens is 751 g/mol. The lowest BCUT2D eigenvalue weighted by molar-refractivity contribution is 0.590. The van der Waals surface area contributed by atoms with Crippen molar-refractivity contribution in [1.29, 1.82) is 0 Å². The monoisotopic (exact) mass is 799 g/mol. The van der Waals surface area contributed by atoms with E-state index in [9.17, 15) is 0 Å². The number of hydrogen-bond donors (Lipinski definition) is 0. The Morgan fingerprint density at radius 3 is 1.27 bits per heavy atom. The Hall–Kier alpha value is -7.23. The molecule has 3 heteroatoms. The van der Waals surface area contributed by atoms with Gasteiger partial charge in [0, 0.05) is 16.7 Å². The van der Waals surface area contributed by atoms with Crippen LogP contribution in [0.3, 0.4) is 0 Å². The van der Waals surface area contributed by atoms with E-state index in [-0.39, 0.29) is 10.8 Å².